The van der Waals surface area contributed by atoms with Crippen LogP contribution in [-0.2, 0) is 14.3 Å². The van der Waals surface area contributed by atoms with E-state index in [4.69, 9.17) is 9.84 Å². The fourth-order valence-electron chi connectivity index (χ4n) is 4.38. The standard InChI is InChI=1S/C25H26N2O6/c28-22(24(30)31)11-12-26-23(29)15-9-10-16(13-15)27-25(32)33-14-21-19-7-3-1-5-17(19)18-6-2-4-8-20(18)21/h1-10,15-16,21-22,28H,11-14H2,(H,26,29)(H,27,32)(H,30,31)/t15?,16?,22-/m0/s1. The van der Waals surface area contributed by atoms with Gasteiger partial charge in [0.05, 0.1) is 12.0 Å². The predicted octanol–water partition coefficient (Wildman–Crippen LogP) is 2.42. The van der Waals surface area contributed by atoms with Crippen LogP contribution in [0.3, 0.4) is 0 Å². The minimum Gasteiger partial charge on any atom is -0.479 e. The summed E-state index contributed by atoms with van der Waals surface area (Å²) in [5, 5.41) is 23.3. The fraction of sp³-hybridized carbons (Fsp3) is 0.320. The molecule has 0 aliphatic heterocycles. The van der Waals surface area contributed by atoms with Crippen LogP contribution in [0.1, 0.15) is 29.9 Å². The Kier molecular flexibility index (Phi) is 6.74. The minimum absolute atomic E-state index is 0.0260. The highest BCUT2D eigenvalue weighted by Gasteiger charge is 2.30. The third-order valence-corrected chi connectivity index (χ3v) is 6.07. The lowest BCUT2D eigenvalue weighted by atomic mass is 9.98. The fourth-order valence-corrected chi connectivity index (χ4v) is 4.38. The van der Waals surface area contributed by atoms with Crippen molar-refractivity contribution >= 4 is 18.0 Å². The Morgan fingerprint density at radius 2 is 1.64 bits per heavy atom. The molecular formula is C25H26N2O6. The number of aliphatic hydroxyl groups is 1. The molecule has 0 fully saturated rings. The lowest BCUT2D eigenvalue weighted by Crippen LogP contribution is -2.37. The highest BCUT2D eigenvalue weighted by molar-refractivity contribution is 5.82. The summed E-state index contributed by atoms with van der Waals surface area (Å²) in [7, 11) is 0. The molecule has 2 aromatic carbocycles. The number of rotatable bonds is 8. The molecule has 2 unspecified atom stereocenters. The quantitative estimate of drug-likeness (QED) is 0.458. The molecule has 0 aromatic heterocycles. The second-order valence-electron chi connectivity index (χ2n) is 8.24. The van der Waals surface area contributed by atoms with E-state index in [9.17, 15) is 19.5 Å². The van der Waals surface area contributed by atoms with E-state index in [1.54, 1.807) is 12.2 Å². The van der Waals surface area contributed by atoms with Crippen LogP contribution in [0.4, 0.5) is 4.79 Å². The summed E-state index contributed by atoms with van der Waals surface area (Å²) in [5.74, 6) is -2.06. The summed E-state index contributed by atoms with van der Waals surface area (Å²) in [4.78, 5) is 35.3. The summed E-state index contributed by atoms with van der Waals surface area (Å²) >= 11 is 0. The van der Waals surface area contributed by atoms with Gasteiger partial charge in [-0.2, -0.15) is 0 Å². The third-order valence-electron chi connectivity index (χ3n) is 6.07. The largest absolute Gasteiger partial charge is 0.479 e. The molecule has 0 spiro atoms. The number of carboxylic acid groups (broad SMARTS) is 1. The zero-order valence-corrected chi connectivity index (χ0v) is 17.9. The first-order valence-corrected chi connectivity index (χ1v) is 10.9. The number of aliphatic carboxylic acids is 1. The van der Waals surface area contributed by atoms with E-state index in [2.05, 4.69) is 34.9 Å². The lowest BCUT2D eigenvalue weighted by molar-refractivity contribution is -0.147. The smallest absolute Gasteiger partial charge is 0.407 e. The molecule has 4 rings (SSSR count). The molecule has 2 aromatic rings. The van der Waals surface area contributed by atoms with Crippen molar-refractivity contribution in [1.29, 1.82) is 0 Å². The van der Waals surface area contributed by atoms with Gasteiger partial charge in [-0.1, -0.05) is 60.7 Å². The number of aliphatic hydroxyl groups excluding tert-OH is 1. The number of fused-ring (bicyclic) bond motifs is 3. The van der Waals surface area contributed by atoms with Crippen LogP contribution in [0.15, 0.2) is 60.7 Å². The van der Waals surface area contributed by atoms with Gasteiger partial charge in [0, 0.05) is 18.9 Å². The van der Waals surface area contributed by atoms with Crippen LogP contribution in [0.25, 0.3) is 11.1 Å². The molecular weight excluding hydrogens is 424 g/mol. The monoisotopic (exact) mass is 450 g/mol. The lowest BCUT2D eigenvalue weighted by Gasteiger charge is -2.17. The topological polar surface area (TPSA) is 125 Å². The van der Waals surface area contributed by atoms with E-state index in [-0.39, 0.29) is 37.4 Å². The molecule has 2 amide bonds. The molecule has 2 aliphatic carbocycles. The molecule has 0 bridgehead atoms. The molecule has 4 N–H and O–H groups in total. The van der Waals surface area contributed by atoms with Gasteiger partial charge in [0.15, 0.2) is 6.10 Å². The Bertz CT molecular complexity index is 1040. The van der Waals surface area contributed by atoms with E-state index in [0.717, 1.165) is 22.3 Å². The summed E-state index contributed by atoms with van der Waals surface area (Å²) in [5.41, 5.74) is 4.59. The average molecular weight is 450 g/mol. The van der Waals surface area contributed by atoms with Gasteiger partial charge < -0.3 is 25.6 Å². The number of ether oxygens (including phenoxy) is 1. The van der Waals surface area contributed by atoms with Crippen molar-refractivity contribution in [3.8, 4) is 11.1 Å². The van der Waals surface area contributed by atoms with Crippen molar-refractivity contribution in [2.75, 3.05) is 13.2 Å². The maximum atomic E-state index is 12.4. The van der Waals surface area contributed by atoms with Crippen LogP contribution >= 0.6 is 0 Å². The van der Waals surface area contributed by atoms with E-state index < -0.39 is 24.1 Å². The number of benzene rings is 2. The van der Waals surface area contributed by atoms with Gasteiger partial charge in [-0.3, -0.25) is 4.79 Å². The molecule has 8 heteroatoms. The van der Waals surface area contributed by atoms with Crippen molar-refractivity contribution in [3.05, 3.63) is 71.8 Å². The van der Waals surface area contributed by atoms with Crippen LogP contribution in [0.2, 0.25) is 0 Å². The zero-order chi connectivity index (χ0) is 23.4. The Morgan fingerprint density at radius 3 is 2.27 bits per heavy atom. The molecule has 0 heterocycles. The zero-order valence-electron chi connectivity index (χ0n) is 17.9. The number of carboxylic acids is 1. The first-order valence-electron chi connectivity index (χ1n) is 10.9. The summed E-state index contributed by atoms with van der Waals surface area (Å²) in [6, 6.07) is 15.9. The SMILES string of the molecule is O=C(NC1C=CC(C(=O)NCC[C@H](O)C(=O)O)C1)OCC1c2ccccc2-c2ccccc21. The number of amides is 2. The Morgan fingerprint density at radius 1 is 1.00 bits per heavy atom. The molecule has 0 saturated heterocycles. The van der Waals surface area contributed by atoms with Crippen LogP contribution < -0.4 is 10.6 Å². The van der Waals surface area contributed by atoms with Gasteiger partial charge >= 0.3 is 12.1 Å². The highest BCUT2D eigenvalue weighted by Crippen LogP contribution is 2.44. The molecule has 3 atom stereocenters. The second kappa shape index (κ2) is 9.87. The Balaban J connectivity index is 1.25. The van der Waals surface area contributed by atoms with Crippen LogP contribution in [0, 0.1) is 5.92 Å². The summed E-state index contributed by atoms with van der Waals surface area (Å²) < 4.78 is 5.54. The van der Waals surface area contributed by atoms with Crippen LogP contribution in [0.5, 0.6) is 0 Å². The third kappa shape index (κ3) is 5.06. The number of carbonyl (C=O) groups excluding carboxylic acids is 2. The van der Waals surface area contributed by atoms with E-state index in [1.807, 2.05) is 24.3 Å². The average Bonchev–Trinajstić information content (AvgIpc) is 3.40. The Labute approximate surface area is 191 Å². The number of hydrogen-bond donors (Lipinski definition) is 4. The van der Waals surface area contributed by atoms with E-state index >= 15 is 0 Å². The number of hydrogen-bond acceptors (Lipinski definition) is 5. The summed E-state index contributed by atoms with van der Waals surface area (Å²) in [6.07, 6.45) is 1.72. The molecule has 33 heavy (non-hydrogen) atoms. The molecule has 172 valence electrons. The van der Waals surface area contributed by atoms with E-state index in [0.29, 0.717) is 6.42 Å². The number of alkyl carbamates (subject to hydrolysis) is 1. The first kappa shape index (κ1) is 22.5. The van der Waals surface area contributed by atoms with Gasteiger partial charge in [-0.25, -0.2) is 9.59 Å². The molecule has 0 saturated carbocycles. The van der Waals surface area contributed by atoms with Crippen molar-refractivity contribution < 1.29 is 29.3 Å². The maximum absolute atomic E-state index is 12.4. The van der Waals surface area contributed by atoms with E-state index in [1.165, 1.54) is 0 Å². The van der Waals surface area contributed by atoms with Gasteiger partial charge in [-0.15, -0.1) is 0 Å². The highest BCUT2D eigenvalue weighted by atomic mass is 16.5. The van der Waals surface area contributed by atoms with Crippen molar-refractivity contribution in [1.82, 2.24) is 10.6 Å². The summed E-state index contributed by atoms with van der Waals surface area (Å²) in [6.45, 7) is 0.271. The van der Waals surface area contributed by atoms with Gasteiger partial charge in [0.1, 0.15) is 6.61 Å². The van der Waals surface area contributed by atoms with Crippen molar-refractivity contribution in [2.24, 2.45) is 5.92 Å². The van der Waals surface area contributed by atoms with Gasteiger partial charge in [0.2, 0.25) is 5.91 Å². The molecule has 0 radical (unpaired) electrons. The molecule has 8 nitrogen and oxygen atoms in total. The second-order valence-corrected chi connectivity index (χ2v) is 8.24. The predicted molar refractivity (Wildman–Crippen MR) is 121 cm³/mol. The number of nitrogens with one attached hydrogen (secondary N) is 2. The maximum Gasteiger partial charge on any atom is 0.407 e. The molecule has 2 aliphatic rings. The van der Waals surface area contributed by atoms with Gasteiger partial charge in [-0.05, 0) is 28.7 Å². The van der Waals surface area contributed by atoms with Crippen LogP contribution in [-0.4, -0.2) is 53.5 Å². The Hall–Kier alpha value is -3.65. The number of carbonyl (C=O) groups is 3. The van der Waals surface area contributed by atoms with Gasteiger partial charge in [0.25, 0.3) is 0 Å². The normalized spacial score (nSPS) is 19.4. The minimum atomic E-state index is -1.51. The van der Waals surface area contributed by atoms with Crippen molar-refractivity contribution in [2.45, 2.75) is 30.9 Å². The van der Waals surface area contributed by atoms with Crippen molar-refractivity contribution in [3.63, 3.8) is 0 Å². The first-order chi connectivity index (χ1) is 15.9.